The van der Waals surface area contributed by atoms with Gasteiger partial charge in [0.15, 0.2) is 11.5 Å². The van der Waals surface area contributed by atoms with Gasteiger partial charge in [0, 0.05) is 16.3 Å². The van der Waals surface area contributed by atoms with Crippen LogP contribution in [-0.4, -0.2) is 55.3 Å². The molecule has 8 heteroatoms. The summed E-state index contributed by atoms with van der Waals surface area (Å²) in [5.74, 6) is -3.31. The van der Waals surface area contributed by atoms with Crippen LogP contribution in [-0.2, 0) is 9.59 Å². The number of carboxylic acids is 2. The number of carbonyl (C=O) groups is 2. The highest BCUT2D eigenvalue weighted by Crippen LogP contribution is 2.44. The molecule has 1 aromatic heterocycles. The van der Waals surface area contributed by atoms with E-state index >= 15 is 0 Å². The molecule has 0 aliphatic heterocycles. The number of aromatic hydroxyl groups is 2. The summed E-state index contributed by atoms with van der Waals surface area (Å²) in [5.41, 5.74) is 1.12. The maximum Gasteiger partial charge on any atom is 0.317 e. The van der Waals surface area contributed by atoms with Crippen molar-refractivity contribution in [2.24, 2.45) is 0 Å². The predicted molar refractivity (Wildman–Crippen MR) is 135 cm³/mol. The third-order valence-corrected chi connectivity index (χ3v) is 6.22. The Morgan fingerprint density at radius 2 is 1.33 bits per heavy atom. The molecule has 8 nitrogen and oxygen atoms in total. The van der Waals surface area contributed by atoms with Crippen molar-refractivity contribution in [3.63, 3.8) is 0 Å². The minimum absolute atomic E-state index is 0.153. The fourth-order valence-electron chi connectivity index (χ4n) is 4.65. The number of benzene rings is 4. The molecule has 0 saturated heterocycles. The molecule has 0 radical (unpaired) electrons. The molecule has 4 aromatic carbocycles. The summed E-state index contributed by atoms with van der Waals surface area (Å²) in [5, 5.41) is 44.9. The second-order valence-electron chi connectivity index (χ2n) is 8.61. The smallest absolute Gasteiger partial charge is 0.317 e. The molecule has 180 valence electrons. The van der Waals surface area contributed by atoms with Gasteiger partial charge in [-0.15, -0.1) is 0 Å². The molecule has 0 fully saturated rings. The number of nitrogens with zero attached hydrogens (tertiary/aromatic N) is 2. The Hall–Kier alpha value is -4.69. The molecule has 0 bridgehead atoms. The van der Waals surface area contributed by atoms with E-state index < -0.39 is 36.8 Å². The fraction of sp³-hybridized carbons (Fsp3) is 0.107. The summed E-state index contributed by atoms with van der Waals surface area (Å²) in [6, 6.07) is 22.6. The van der Waals surface area contributed by atoms with Crippen LogP contribution in [0.5, 0.6) is 11.5 Å². The lowest BCUT2D eigenvalue weighted by Crippen LogP contribution is -2.38. The monoisotopic (exact) mass is 482 g/mol. The van der Waals surface area contributed by atoms with Gasteiger partial charge in [0.25, 0.3) is 0 Å². The van der Waals surface area contributed by atoms with Crippen LogP contribution in [0.25, 0.3) is 32.4 Å². The fourth-order valence-corrected chi connectivity index (χ4v) is 4.65. The van der Waals surface area contributed by atoms with Crippen molar-refractivity contribution >= 4 is 44.4 Å². The Morgan fingerprint density at radius 3 is 2.00 bits per heavy atom. The molecule has 0 aliphatic rings. The number of phenolic OH excluding ortho intramolecular Hbond substituents is 2. The van der Waals surface area contributed by atoms with Crippen LogP contribution in [0.3, 0.4) is 0 Å². The molecule has 0 aliphatic carbocycles. The number of aromatic nitrogens is 1. The van der Waals surface area contributed by atoms with Crippen molar-refractivity contribution in [3.05, 3.63) is 90.1 Å². The highest BCUT2D eigenvalue weighted by Gasteiger charge is 2.31. The van der Waals surface area contributed by atoms with Gasteiger partial charge in [-0.05, 0) is 46.5 Å². The Labute approximate surface area is 205 Å². The second kappa shape index (κ2) is 9.16. The van der Waals surface area contributed by atoms with E-state index in [0.717, 1.165) is 16.2 Å². The molecule has 1 atom stereocenters. The topological polar surface area (TPSA) is 131 Å². The molecular formula is C28H22N2O6. The number of pyridine rings is 1. The van der Waals surface area contributed by atoms with Crippen LogP contribution in [0.1, 0.15) is 17.3 Å². The summed E-state index contributed by atoms with van der Waals surface area (Å²) < 4.78 is 0. The van der Waals surface area contributed by atoms with Gasteiger partial charge in [-0.2, -0.15) is 0 Å². The summed E-state index contributed by atoms with van der Waals surface area (Å²) >= 11 is 0. The van der Waals surface area contributed by atoms with E-state index in [4.69, 9.17) is 0 Å². The van der Waals surface area contributed by atoms with Gasteiger partial charge in [-0.25, -0.2) is 0 Å². The van der Waals surface area contributed by atoms with Crippen molar-refractivity contribution < 1.29 is 30.0 Å². The van der Waals surface area contributed by atoms with Crippen molar-refractivity contribution in [1.82, 2.24) is 9.88 Å². The summed E-state index contributed by atoms with van der Waals surface area (Å²) in [6.45, 7) is -1.25. The SMILES string of the molecule is O=C(O)CN(CC(=O)O)C(c1ccc2ccccc2n1)c1cc2cc3ccccc3cc2c(O)c1O. The van der Waals surface area contributed by atoms with Crippen LogP contribution in [0.2, 0.25) is 0 Å². The van der Waals surface area contributed by atoms with Gasteiger partial charge >= 0.3 is 11.9 Å². The van der Waals surface area contributed by atoms with E-state index in [2.05, 4.69) is 4.98 Å². The van der Waals surface area contributed by atoms with E-state index in [0.29, 0.717) is 22.0 Å². The van der Waals surface area contributed by atoms with Crippen LogP contribution in [0.15, 0.2) is 78.9 Å². The average molecular weight is 482 g/mol. The molecule has 5 aromatic rings. The van der Waals surface area contributed by atoms with Gasteiger partial charge in [0.2, 0.25) is 0 Å². The molecule has 5 rings (SSSR count). The lowest BCUT2D eigenvalue weighted by Gasteiger charge is -2.30. The zero-order valence-electron chi connectivity index (χ0n) is 19.0. The van der Waals surface area contributed by atoms with Gasteiger partial charge in [0.1, 0.15) is 0 Å². The summed E-state index contributed by atoms with van der Waals surface area (Å²) in [7, 11) is 0. The van der Waals surface area contributed by atoms with Crippen LogP contribution in [0.4, 0.5) is 0 Å². The molecule has 1 heterocycles. The normalized spacial score (nSPS) is 12.4. The third-order valence-electron chi connectivity index (χ3n) is 6.22. The molecule has 36 heavy (non-hydrogen) atoms. The number of rotatable bonds is 7. The van der Waals surface area contributed by atoms with Crippen molar-refractivity contribution in [2.75, 3.05) is 13.1 Å². The summed E-state index contributed by atoms with van der Waals surface area (Å²) in [6.07, 6.45) is 0. The minimum atomic E-state index is -1.24. The van der Waals surface area contributed by atoms with Gasteiger partial charge < -0.3 is 20.4 Å². The third kappa shape index (κ3) is 4.25. The largest absolute Gasteiger partial charge is 0.504 e. The highest BCUT2D eigenvalue weighted by atomic mass is 16.4. The van der Waals surface area contributed by atoms with Crippen molar-refractivity contribution in [1.29, 1.82) is 0 Å². The van der Waals surface area contributed by atoms with E-state index in [-0.39, 0.29) is 11.3 Å². The first-order valence-corrected chi connectivity index (χ1v) is 11.2. The number of carboxylic acid groups (broad SMARTS) is 2. The molecule has 0 spiro atoms. The maximum atomic E-state index is 11.7. The Balaban J connectivity index is 1.78. The number of hydrogen-bond acceptors (Lipinski definition) is 6. The van der Waals surface area contributed by atoms with E-state index in [1.165, 1.54) is 4.90 Å². The lowest BCUT2D eigenvalue weighted by atomic mass is 9.94. The van der Waals surface area contributed by atoms with E-state index in [1.807, 2.05) is 48.5 Å². The molecule has 1 unspecified atom stereocenters. The zero-order chi connectivity index (χ0) is 25.4. The zero-order valence-corrected chi connectivity index (χ0v) is 19.0. The first-order chi connectivity index (χ1) is 17.3. The standard InChI is InChI=1S/C28H22N2O6/c31-24(32)14-30(15-25(33)34)26(23-10-9-16-5-3-4-8-22(16)29-23)21-13-19-11-17-6-1-2-7-18(17)12-20(19)27(35)28(21)36/h1-13,26,35-36H,14-15H2,(H,31,32)(H,33,34). The predicted octanol–water partition coefficient (Wildman–Crippen LogP) is 4.51. The van der Waals surface area contributed by atoms with Gasteiger partial charge in [-0.3, -0.25) is 19.5 Å². The maximum absolute atomic E-state index is 11.7. The highest BCUT2D eigenvalue weighted by molar-refractivity contribution is 6.02. The lowest BCUT2D eigenvalue weighted by molar-refractivity contribution is -0.142. The van der Waals surface area contributed by atoms with E-state index in [1.54, 1.807) is 30.3 Å². The number of fused-ring (bicyclic) bond motifs is 3. The molecule has 0 amide bonds. The minimum Gasteiger partial charge on any atom is -0.504 e. The van der Waals surface area contributed by atoms with Crippen LogP contribution in [0, 0.1) is 0 Å². The first kappa shape index (κ1) is 23.1. The number of aliphatic carboxylic acids is 2. The molecule has 0 saturated carbocycles. The van der Waals surface area contributed by atoms with Gasteiger partial charge in [0.05, 0.1) is 30.3 Å². The molecule has 4 N–H and O–H groups in total. The first-order valence-electron chi connectivity index (χ1n) is 11.2. The Bertz CT molecular complexity index is 1630. The van der Waals surface area contributed by atoms with Crippen LogP contribution < -0.4 is 0 Å². The van der Waals surface area contributed by atoms with Crippen LogP contribution >= 0.6 is 0 Å². The van der Waals surface area contributed by atoms with E-state index in [9.17, 15) is 30.0 Å². The average Bonchev–Trinajstić information content (AvgIpc) is 2.85. The van der Waals surface area contributed by atoms with Gasteiger partial charge in [-0.1, -0.05) is 48.5 Å². The van der Waals surface area contributed by atoms with Crippen molar-refractivity contribution in [3.8, 4) is 11.5 Å². The Morgan fingerprint density at radius 1 is 0.722 bits per heavy atom. The number of phenols is 2. The Kier molecular flexibility index (Phi) is 5.87. The second-order valence-corrected chi connectivity index (χ2v) is 8.61. The quantitative estimate of drug-likeness (QED) is 0.197. The van der Waals surface area contributed by atoms with Crippen molar-refractivity contribution in [2.45, 2.75) is 6.04 Å². The number of para-hydroxylation sites is 1. The molecular weight excluding hydrogens is 460 g/mol. The summed E-state index contributed by atoms with van der Waals surface area (Å²) in [4.78, 5) is 29.3. The number of hydrogen-bond donors (Lipinski definition) is 4.